The lowest BCUT2D eigenvalue weighted by Gasteiger charge is -2.23. The number of ether oxygens (including phenoxy) is 2. The third-order valence-electron chi connectivity index (χ3n) is 2.98. The molecule has 3 nitrogen and oxygen atoms in total. The minimum atomic E-state index is 0.230. The van der Waals surface area contributed by atoms with Gasteiger partial charge in [0.05, 0.1) is 11.8 Å². The van der Waals surface area contributed by atoms with E-state index >= 15 is 0 Å². The molecule has 2 rings (SSSR count). The van der Waals surface area contributed by atoms with E-state index in [1.165, 1.54) is 12.8 Å². The van der Waals surface area contributed by atoms with Crippen LogP contribution in [-0.4, -0.2) is 19.3 Å². The van der Waals surface area contributed by atoms with Crippen LogP contribution in [0.2, 0.25) is 0 Å². The van der Waals surface area contributed by atoms with Gasteiger partial charge in [0.2, 0.25) is 0 Å². The van der Waals surface area contributed by atoms with Crippen molar-refractivity contribution in [3.63, 3.8) is 0 Å². The monoisotopic (exact) mass is 221 g/mol. The fourth-order valence-electron chi connectivity index (χ4n) is 1.90. The lowest BCUT2D eigenvalue weighted by Crippen LogP contribution is -2.26. The SMILES string of the molecule is Cc1cccc(OCC2CCCCO2)c1N. The molecule has 88 valence electrons. The molecule has 1 aromatic carbocycles. The smallest absolute Gasteiger partial charge is 0.142 e. The Hall–Kier alpha value is -1.22. The average molecular weight is 221 g/mol. The summed E-state index contributed by atoms with van der Waals surface area (Å²) in [5.74, 6) is 0.772. The molecule has 0 amide bonds. The van der Waals surface area contributed by atoms with E-state index in [0.29, 0.717) is 6.61 Å². The van der Waals surface area contributed by atoms with Crippen molar-refractivity contribution in [3.8, 4) is 5.75 Å². The Balaban J connectivity index is 1.91. The Morgan fingerprint density at radius 3 is 3.06 bits per heavy atom. The molecule has 0 radical (unpaired) electrons. The Bertz CT molecular complexity index is 346. The summed E-state index contributed by atoms with van der Waals surface area (Å²) in [6.45, 7) is 3.45. The second-order valence-electron chi connectivity index (χ2n) is 4.29. The fraction of sp³-hybridized carbons (Fsp3) is 0.538. The molecule has 1 aromatic rings. The quantitative estimate of drug-likeness (QED) is 0.798. The first-order chi connectivity index (χ1) is 7.77. The Labute approximate surface area is 96.5 Å². The fourth-order valence-corrected chi connectivity index (χ4v) is 1.90. The molecule has 3 heteroatoms. The highest BCUT2D eigenvalue weighted by atomic mass is 16.5. The number of rotatable bonds is 3. The van der Waals surface area contributed by atoms with Gasteiger partial charge in [-0.05, 0) is 37.8 Å². The summed E-state index contributed by atoms with van der Waals surface area (Å²) in [6, 6.07) is 5.85. The summed E-state index contributed by atoms with van der Waals surface area (Å²) in [7, 11) is 0. The second kappa shape index (κ2) is 5.21. The molecule has 1 unspecified atom stereocenters. The highest BCUT2D eigenvalue weighted by Crippen LogP contribution is 2.25. The zero-order valence-electron chi connectivity index (χ0n) is 9.74. The van der Waals surface area contributed by atoms with Crippen molar-refractivity contribution in [3.05, 3.63) is 23.8 Å². The van der Waals surface area contributed by atoms with Gasteiger partial charge in [-0.15, -0.1) is 0 Å². The van der Waals surface area contributed by atoms with Gasteiger partial charge in [-0.3, -0.25) is 0 Å². The van der Waals surface area contributed by atoms with Crippen LogP contribution >= 0.6 is 0 Å². The van der Waals surface area contributed by atoms with Gasteiger partial charge in [0.1, 0.15) is 12.4 Å². The molecule has 0 spiro atoms. The van der Waals surface area contributed by atoms with Gasteiger partial charge >= 0.3 is 0 Å². The third kappa shape index (κ3) is 2.67. The average Bonchev–Trinajstić information content (AvgIpc) is 2.32. The highest BCUT2D eigenvalue weighted by Gasteiger charge is 2.15. The minimum absolute atomic E-state index is 0.230. The van der Waals surface area contributed by atoms with Crippen molar-refractivity contribution >= 4 is 5.69 Å². The number of aryl methyl sites for hydroxylation is 1. The van der Waals surface area contributed by atoms with Gasteiger partial charge in [0, 0.05) is 6.61 Å². The molecule has 1 fully saturated rings. The van der Waals surface area contributed by atoms with Crippen LogP contribution in [0.1, 0.15) is 24.8 Å². The predicted octanol–water partition coefficient (Wildman–Crippen LogP) is 2.53. The minimum Gasteiger partial charge on any atom is -0.489 e. The summed E-state index contributed by atoms with van der Waals surface area (Å²) in [6.07, 6.45) is 3.72. The van der Waals surface area contributed by atoms with Crippen LogP contribution in [-0.2, 0) is 4.74 Å². The summed E-state index contributed by atoms with van der Waals surface area (Å²) in [4.78, 5) is 0. The van der Waals surface area contributed by atoms with E-state index in [4.69, 9.17) is 15.2 Å². The van der Waals surface area contributed by atoms with Crippen molar-refractivity contribution in [1.29, 1.82) is 0 Å². The number of hydrogen-bond acceptors (Lipinski definition) is 3. The second-order valence-corrected chi connectivity index (χ2v) is 4.29. The van der Waals surface area contributed by atoms with E-state index in [-0.39, 0.29) is 6.10 Å². The van der Waals surface area contributed by atoms with Gasteiger partial charge in [-0.2, -0.15) is 0 Å². The van der Waals surface area contributed by atoms with Gasteiger partial charge in [0.25, 0.3) is 0 Å². The molecule has 1 aliphatic heterocycles. The number of anilines is 1. The molecule has 1 heterocycles. The number of para-hydroxylation sites is 1. The van der Waals surface area contributed by atoms with E-state index in [1.54, 1.807) is 0 Å². The first kappa shape index (κ1) is 11.3. The molecule has 0 bridgehead atoms. The van der Waals surface area contributed by atoms with Gasteiger partial charge < -0.3 is 15.2 Å². The Kier molecular flexibility index (Phi) is 3.67. The van der Waals surface area contributed by atoms with E-state index in [1.807, 2.05) is 25.1 Å². The normalized spacial score (nSPS) is 20.7. The summed E-state index contributed by atoms with van der Waals surface area (Å²) in [5, 5.41) is 0. The van der Waals surface area contributed by atoms with Gasteiger partial charge in [0.15, 0.2) is 0 Å². The molecule has 0 aromatic heterocycles. The van der Waals surface area contributed by atoms with Gasteiger partial charge in [-0.25, -0.2) is 0 Å². The maximum Gasteiger partial charge on any atom is 0.142 e. The summed E-state index contributed by atoms with van der Waals surface area (Å²) in [5.41, 5.74) is 7.72. The third-order valence-corrected chi connectivity index (χ3v) is 2.98. The van der Waals surface area contributed by atoms with Crippen LogP contribution in [0.15, 0.2) is 18.2 Å². The largest absolute Gasteiger partial charge is 0.489 e. The maximum atomic E-state index is 5.93. The summed E-state index contributed by atoms with van der Waals surface area (Å²) >= 11 is 0. The Morgan fingerprint density at radius 1 is 1.44 bits per heavy atom. The van der Waals surface area contributed by atoms with Crippen LogP contribution < -0.4 is 10.5 Å². The van der Waals surface area contributed by atoms with Crippen molar-refractivity contribution in [2.45, 2.75) is 32.3 Å². The number of hydrogen-bond donors (Lipinski definition) is 1. The van der Waals surface area contributed by atoms with E-state index < -0.39 is 0 Å². The van der Waals surface area contributed by atoms with Crippen LogP contribution in [0.3, 0.4) is 0 Å². The van der Waals surface area contributed by atoms with Crippen LogP contribution in [0, 0.1) is 6.92 Å². The van der Waals surface area contributed by atoms with Crippen molar-refractivity contribution in [2.24, 2.45) is 0 Å². The Morgan fingerprint density at radius 2 is 2.31 bits per heavy atom. The van der Waals surface area contributed by atoms with Crippen molar-refractivity contribution in [1.82, 2.24) is 0 Å². The highest BCUT2D eigenvalue weighted by molar-refractivity contribution is 5.57. The molecule has 1 aliphatic rings. The van der Waals surface area contributed by atoms with Crippen LogP contribution in [0.4, 0.5) is 5.69 Å². The van der Waals surface area contributed by atoms with Gasteiger partial charge in [-0.1, -0.05) is 12.1 Å². The first-order valence-corrected chi connectivity index (χ1v) is 5.87. The first-order valence-electron chi connectivity index (χ1n) is 5.87. The standard InChI is InChI=1S/C13H19NO2/c1-10-5-4-7-12(13(10)14)16-9-11-6-2-3-8-15-11/h4-5,7,11H,2-3,6,8-9,14H2,1H3. The zero-order valence-corrected chi connectivity index (χ0v) is 9.74. The van der Waals surface area contributed by atoms with E-state index in [0.717, 1.165) is 30.0 Å². The van der Waals surface area contributed by atoms with Crippen molar-refractivity contribution in [2.75, 3.05) is 18.9 Å². The summed E-state index contributed by atoms with van der Waals surface area (Å²) < 4.78 is 11.3. The molecule has 16 heavy (non-hydrogen) atoms. The topological polar surface area (TPSA) is 44.5 Å². The molecule has 1 atom stereocenters. The molecule has 1 saturated heterocycles. The lowest BCUT2D eigenvalue weighted by molar-refractivity contribution is -0.0109. The zero-order chi connectivity index (χ0) is 11.4. The number of nitrogens with two attached hydrogens (primary N) is 1. The van der Waals surface area contributed by atoms with E-state index in [2.05, 4.69) is 0 Å². The predicted molar refractivity (Wildman–Crippen MR) is 64.7 cm³/mol. The van der Waals surface area contributed by atoms with Crippen molar-refractivity contribution < 1.29 is 9.47 Å². The van der Waals surface area contributed by atoms with Crippen LogP contribution in [0.25, 0.3) is 0 Å². The molecule has 0 aliphatic carbocycles. The molecular formula is C13H19NO2. The van der Waals surface area contributed by atoms with Crippen LogP contribution in [0.5, 0.6) is 5.75 Å². The molecular weight excluding hydrogens is 202 g/mol. The number of nitrogen functional groups attached to an aromatic ring is 1. The molecule has 0 saturated carbocycles. The lowest BCUT2D eigenvalue weighted by atomic mass is 10.1. The molecule has 2 N–H and O–H groups in total. The van der Waals surface area contributed by atoms with E-state index in [9.17, 15) is 0 Å². The number of benzene rings is 1. The maximum absolute atomic E-state index is 5.93.